The molecular formula is C11H15ClFN3O. The van der Waals surface area contributed by atoms with Crippen LogP contribution in [-0.2, 0) is 6.54 Å². The third-order valence-electron chi connectivity index (χ3n) is 2.39. The number of oxime groups is 1. The Kier molecular flexibility index (Phi) is 5.18. The Hall–Kier alpha value is -1.33. The van der Waals surface area contributed by atoms with Crippen LogP contribution in [0.5, 0.6) is 0 Å². The lowest BCUT2D eigenvalue weighted by molar-refractivity contribution is 0.294. The first-order valence-electron chi connectivity index (χ1n) is 5.20. The Balaban J connectivity index is 2.77. The van der Waals surface area contributed by atoms with Gasteiger partial charge in [-0.25, -0.2) is 4.39 Å². The van der Waals surface area contributed by atoms with Gasteiger partial charge in [-0.05, 0) is 18.2 Å². The van der Waals surface area contributed by atoms with E-state index >= 15 is 0 Å². The summed E-state index contributed by atoms with van der Waals surface area (Å²) in [7, 11) is 0. The van der Waals surface area contributed by atoms with Gasteiger partial charge in [-0.15, -0.1) is 0 Å². The molecule has 0 spiro atoms. The van der Waals surface area contributed by atoms with Gasteiger partial charge in [0, 0.05) is 6.54 Å². The fourth-order valence-electron chi connectivity index (χ4n) is 1.45. The highest BCUT2D eigenvalue weighted by molar-refractivity contribution is 6.31. The van der Waals surface area contributed by atoms with E-state index in [0.29, 0.717) is 25.2 Å². The predicted octanol–water partition coefficient (Wildman–Crippen LogP) is 2.05. The van der Waals surface area contributed by atoms with Crippen molar-refractivity contribution in [3.63, 3.8) is 0 Å². The molecule has 4 nitrogen and oxygen atoms in total. The van der Waals surface area contributed by atoms with Crippen LogP contribution in [-0.4, -0.2) is 29.0 Å². The van der Waals surface area contributed by atoms with E-state index in [1.807, 2.05) is 11.8 Å². The maximum absolute atomic E-state index is 13.2. The lowest BCUT2D eigenvalue weighted by Crippen LogP contribution is -2.33. The zero-order valence-electron chi connectivity index (χ0n) is 9.53. The molecule has 94 valence electrons. The molecule has 0 saturated carbocycles. The average molecular weight is 260 g/mol. The first-order chi connectivity index (χ1) is 8.08. The summed E-state index contributed by atoms with van der Waals surface area (Å²) in [5.74, 6) is -0.330. The number of halogens is 2. The molecule has 0 aliphatic rings. The molecule has 0 fully saturated rings. The van der Waals surface area contributed by atoms with Crippen LogP contribution in [0.25, 0.3) is 0 Å². The minimum atomic E-state index is -0.441. The Labute approximate surface area is 104 Å². The molecule has 3 N–H and O–H groups in total. The maximum Gasteiger partial charge on any atom is 0.153 e. The van der Waals surface area contributed by atoms with Gasteiger partial charge in [0.25, 0.3) is 0 Å². The molecule has 0 amide bonds. The van der Waals surface area contributed by atoms with Gasteiger partial charge in [0.1, 0.15) is 5.82 Å². The van der Waals surface area contributed by atoms with Crippen molar-refractivity contribution in [3.8, 4) is 0 Å². The average Bonchev–Trinajstić information content (AvgIpc) is 2.33. The molecule has 0 aliphatic heterocycles. The summed E-state index contributed by atoms with van der Waals surface area (Å²) in [6.45, 7) is 3.37. The smallest absolute Gasteiger partial charge is 0.153 e. The largest absolute Gasteiger partial charge is 0.409 e. The molecule has 0 aromatic heterocycles. The Morgan fingerprint density at radius 3 is 2.88 bits per heavy atom. The van der Waals surface area contributed by atoms with Crippen LogP contribution < -0.4 is 5.73 Å². The molecule has 0 bridgehead atoms. The van der Waals surface area contributed by atoms with Crippen LogP contribution in [0.4, 0.5) is 4.39 Å². The minimum absolute atomic E-state index is 0.111. The van der Waals surface area contributed by atoms with E-state index in [2.05, 4.69) is 5.16 Å². The number of benzene rings is 1. The molecular weight excluding hydrogens is 245 g/mol. The number of amidine groups is 1. The standard InChI is InChI=1S/C11H15ClFN3O/c1-2-16(7-10(14)15-17)6-8-4-3-5-9(13)11(8)12/h3-5,17H,2,6-7H2,1H3,(H2,14,15). The van der Waals surface area contributed by atoms with Crippen molar-refractivity contribution in [2.45, 2.75) is 13.5 Å². The van der Waals surface area contributed by atoms with Gasteiger partial charge in [-0.2, -0.15) is 0 Å². The molecule has 1 aromatic rings. The van der Waals surface area contributed by atoms with Crippen LogP contribution in [0.15, 0.2) is 23.4 Å². The highest BCUT2D eigenvalue weighted by Gasteiger charge is 2.11. The van der Waals surface area contributed by atoms with Gasteiger partial charge in [-0.1, -0.05) is 35.8 Å². The van der Waals surface area contributed by atoms with Crippen molar-refractivity contribution in [2.75, 3.05) is 13.1 Å². The van der Waals surface area contributed by atoms with Gasteiger partial charge in [0.2, 0.25) is 0 Å². The summed E-state index contributed by atoms with van der Waals surface area (Å²) < 4.78 is 13.2. The number of hydrogen-bond acceptors (Lipinski definition) is 3. The third kappa shape index (κ3) is 3.87. The van der Waals surface area contributed by atoms with E-state index < -0.39 is 5.82 Å². The number of nitrogens with zero attached hydrogens (tertiary/aromatic N) is 2. The van der Waals surface area contributed by atoms with Crippen molar-refractivity contribution < 1.29 is 9.60 Å². The molecule has 0 atom stereocenters. The maximum atomic E-state index is 13.2. The molecule has 1 rings (SSSR count). The van der Waals surface area contributed by atoms with Gasteiger partial charge in [-0.3, -0.25) is 4.90 Å². The zero-order chi connectivity index (χ0) is 12.8. The lowest BCUT2D eigenvalue weighted by atomic mass is 10.2. The van der Waals surface area contributed by atoms with Gasteiger partial charge >= 0.3 is 0 Å². The summed E-state index contributed by atoms with van der Waals surface area (Å²) in [5, 5.41) is 11.5. The van der Waals surface area contributed by atoms with Crippen LogP contribution in [0.3, 0.4) is 0 Å². The second kappa shape index (κ2) is 6.42. The van der Waals surface area contributed by atoms with Crippen LogP contribution in [0.2, 0.25) is 5.02 Å². The number of rotatable bonds is 5. The van der Waals surface area contributed by atoms with E-state index in [9.17, 15) is 4.39 Å². The molecule has 6 heteroatoms. The first-order valence-corrected chi connectivity index (χ1v) is 5.58. The fourth-order valence-corrected chi connectivity index (χ4v) is 1.64. The number of likely N-dealkylation sites (N-methyl/N-ethyl adjacent to an activating group) is 1. The molecule has 0 unspecified atom stereocenters. The Morgan fingerprint density at radius 1 is 1.59 bits per heavy atom. The summed E-state index contributed by atoms with van der Waals surface area (Å²) in [4.78, 5) is 1.88. The predicted molar refractivity (Wildman–Crippen MR) is 65.8 cm³/mol. The molecule has 0 saturated heterocycles. The highest BCUT2D eigenvalue weighted by Crippen LogP contribution is 2.20. The summed E-state index contributed by atoms with van der Waals surface area (Å²) in [6.07, 6.45) is 0. The number of hydrogen-bond donors (Lipinski definition) is 2. The summed E-state index contributed by atoms with van der Waals surface area (Å²) in [6, 6.07) is 4.67. The normalized spacial score (nSPS) is 12.1. The van der Waals surface area contributed by atoms with Crippen molar-refractivity contribution in [1.29, 1.82) is 0 Å². The molecule has 1 aromatic carbocycles. The zero-order valence-corrected chi connectivity index (χ0v) is 10.3. The highest BCUT2D eigenvalue weighted by atomic mass is 35.5. The van der Waals surface area contributed by atoms with E-state index in [1.54, 1.807) is 12.1 Å². The van der Waals surface area contributed by atoms with Gasteiger partial charge < -0.3 is 10.9 Å². The minimum Gasteiger partial charge on any atom is -0.409 e. The third-order valence-corrected chi connectivity index (χ3v) is 2.81. The van der Waals surface area contributed by atoms with Crippen molar-refractivity contribution in [3.05, 3.63) is 34.6 Å². The van der Waals surface area contributed by atoms with E-state index in [4.69, 9.17) is 22.5 Å². The molecule has 0 aliphatic carbocycles. The first kappa shape index (κ1) is 13.7. The second-order valence-corrected chi connectivity index (χ2v) is 3.99. The second-order valence-electron chi connectivity index (χ2n) is 3.61. The van der Waals surface area contributed by atoms with E-state index in [0.717, 1.165) is 0 Å². The SMILES string of the molecule is CCN(C/C(N)=N/O)Cc1cccc(F)c1Cl. The topological polar surface area (TPSA) is 61.8 Å². The monoisotopic (exact) mass is 259 g/mol. The van der Waals surface area contributed by atoms with Gasteiger partial charge in [0.15, 0.2) is 5.84 Å². The van der Waals surface area contributed by atoms with E-state index in [-0.39, 0.29) is 10.9 Å². The quantitative estimate of drug-likeness (QED) is 0.368. The lowest BCUT2D eigenvalue weighted by Gasteiger charge is -2.20. The fraction of sp³-hybridized carbons (Fsp3) is 0.364. The van der Waals surface area contributed by atoms with Crippen LogP contribution >= 0.6 is 11.6 Å². The Bertz CT molecular complexity index is 412. The number of nitrogens with two attached hydrogens (primary N) is 1. The molecule has 0 radical (unpaired) electrons. The van der Waals surface area contributed by atoms with Crippen LogP contribution in [0.1, 0.15) is 12.5 Å². The Morgan fingerprint density at radius 2 is 2.29 bits per heavy atom. The van der Waals surface area contributed by atoms with Gasteiger partial charge in [0.05, 0.1) is 11.6 Å². The van der Waals surface area contributed by atoms with Crippen LogP contribution in [0, 0.1) is 5.82 Å². The van der Waals surface area contributed by atoms with Crippen molar-refractivity contribution in [1.82, 2.24) is 4.90 Å². The van der Waals surface area contributed by atoms with Crippen molar-refractivity contribution >= 4 is 17.4 Å². The summed E-state index contributed by atoms with van der Waals surface area (Å²) in [5.41, 5.74) is 6.10. The van der Waals surface area contributed by atoms with E-state index in [1.165, 1.54) is 6.07 Å². The summed E-state index contributed by atoms with van der Waals surface area (Å²) >= 11 is 5.85. The molecule has 17 heavy (non-hydrogen) atoms. The molecule has 0 heterocycles. The van der Waals surface area contributed by atoms with Crippen molar-refractivity contribution in [2.24, 2.45) is 10.9 Å².